The van der Waals surface area contributed by atoms with Crippen molar-refractivity contribution in [3.05, 3.63) is 45.6 Å². The number of aryl methyl sites for hydroxylation is 1. The van der Waals surface area contributed by atoms with Gasteiger partial charge in [-0.1, -0.05) is 12.5 Å². The van der Waals surface area contributed by atoms with Crippen LogP contribution in [-0.2, 0) is 20.8 Å². The van der Waals surface area contributed by atoms with Crippen molar-refractivity contribution in [2.45, 2.75) is 51.5 Å². The lowest BCUT2D eigenvalue weighted by molar-refractivity contribution is -0.137. The van der Waals surface area contributed by atoms with Crippen LogP contribution in [0.2, 0.25) is 0 Å². The number of amides is 2. The van der Waals surface area contributed by atoms with Crippen molar-refractivity contribution < 1.29 is 33.7 Å². The minimum atomic E-state index is -0.834. The first-order chi connectivity index (χ1) is 19.2. The van der Waals surface area contributed by atoms with E-state index < -0.39 is 12.0 Å². The molecule has 0 heterocycles. The van der Waals surface area contributed by atoms with Gasteiger partial charge in [0.15, 0.2) is 11.5 Å². The quantitative estimate of drug-likeness (QED) is 0.273. The highest BCUT2D eigenvalue weighted by Crippen LogP contribution is 2.50. The van der Waals surface area contributed by atoms with Crippen LogP contribution >= 0.6 is 0 Å². The maximum Gasteiger partial charge on any atom is 0.303 e. The highest BCUT2D eigenvalue weighted by Gasteiger charge is 2.29. The molecule has 40 heavy (non-hydrogen) atoms. The van der Waals surface area contributed by atoms with Gasteiger partial charge in [0, 0.05) is 25.5 Å². The number of carbonyl (C=O) groups is 3. The molecule has 1 unspecified atom stereocenters. The second kappa shape index (κ2) is 14.2. The molecule has 1 aliphatic rings. The molecule has 0 spiro atoms. The number of rotatable bonds is 13. The van der Waals surface area contributed by atoms with Gasteiger partial charge in [-0.2, -0.15) is 0 Å². The molecule has 0 fully saturated rings. The van der Waals surface area contributed by atoms with Crippen molar-refractivity contribution >= 4 is 23.5 Å². The molecule has 11 heteroatoms. The molecule has 4 N–H and O–H groups in total. The summed E-state index contributed by atoms with van der Waals surface area (Å²) in [5.41, 5.74) is 2.88. The van der Waals surface area contributed by atoms with Gasteiger partial charge >= 0.3 is 5.97 Å². The van der Waals surface area contributed by atoms with Crippen molar-refractivity contribution in [1.82, 2.24) is 10.6 Å². The van der Waals surface area contributed by atoms with Gasteiger partial charge in [0.1, 0.15) is 0 Å². The number of unbranched alkanes of at least 4 members (excludes halogenated alkanes) is 2. The Morgan fingerprint density at radius 1 is 1.00 bits per heavy atom. The molecule has 2 aromatic carbocycles. The molecular weight excluding hydrogens is 518 g/mol. The maximum atomic E-state index is 13.3. The van der Waals surface area contributed by atoms with Crippen LogP contribution < -0.4 is 35.6 Å². The zero-order valence-corrected chi connectivity index (χ0v) is 23.3. The molecule has 2 amide bonds. The van der Waals surface area contributed by atoms with E-state index in [0.29, 0.717) is 67.0 Å². The summed E-state index contributed by atoms with van der Waals surface area (Å²) in [5, 5.41) is 17.4. The largest absolute Gasteiger partial charge is 0.493 e. The highest BCUT2D eigenvalue weighted by atomic mass is 16.5. The number of fused-ring (bicyclic) bond motifs is 3. The highest BCUT2D eigenvalue weighted by molar-refractivity contribution is 5.84. The van der Waals surface area contributed by atoms with E-state index in [0.717, 1.165) is 11.1 Å². The van der Waals surface area contributed by atoms with Gasteiger partial charge < -0.3 is 35.3 Å². The van der Waals surface area contributed by atoms with E-state index in [-0.39, 0.29) is 35.9 Å². The van der Waals surface area contributed by atoms with E-state index in [9.17, 15) is 19.2 Å². The first-order valence-corrected chi connectivity index (χ1v) is 13.2. The van der Waals surface area contributed by atoms with Crippen LogP contribution in [0, 0.1) is 0 Å². The molecule has 0 aliphatic heterocycles. The van der Waals surface area contributed by atoms with Crippen LogP contribution in [0.3, 0.4) is 0 Å². The molecule has 0 bridgehead atoms. The number of hydrogen-bond donors (Lipinski definition) is 4. The summed E-state index contributed by atoms with van der Waals surface area (Å²) >= 11 is 0. The molecule has 3 rings (SSSR count). The van der Waals surface area contributed by atoms with Crippen molar-refractivity contribution in [1.29, 1.82) is 0 Å². The summed E-state index contributed by atoms with van der Waals surface area (Å²) in [5.74, 6) is 0.0421. The van der Waals surface area contributed by atoms with E-state index in [1.807, 2.05) is 6.07 Å². The minimum absolute atomic E-state index is 0.107. The first-order valence-electron chi connectivity index (χ1n) is 13.2. The van der Waals surface area contributed by atoms with Crippen LogP contribution in [0.15, 0.2) is 29.1 Å². The molecule has 11 nitrogen and oxygen atoms in total. The number of aliphatic carboxylic acids is 1. The van der Waals surface area contributed by atoms with Crippen molar-refractivity contribution in [3.8, 4) is 28.4 Å². The lowest BCUT2D eigenvalue weighted by Gasteiger charge is -2.19. The van der Waals surface area contributed by atoms with Gasteiger partial charge in [-0.25, -0.2) is 0 Å². The summed E-state index contributed by atoms with van der Waals surface area (Å²) in [4.78, 5) is 48.3. The Hall–Kier alpha value is -4.28. The predicted molar refractivity (Wildman–Crippen MR) is 150 cm³/mol. The first kappa shape index (κ1) is 30.3. The van der Waals surface area contributed by atoms with Gasteiger partial charge in [0.2, 0.25) is 23.0 Å². The average Bonchev–Trinajstić information content (AvgIpc) is 3.16. The fraction of sp³-hybridized carbons (Fsp3) is 0.448. The van der Waals surface area contributed by atoms with Gasteiger partial charge in [-0.3, -0.25) is 19.2 Å². The summed E-state index contributed by atoms with van der Waals surface area (Å²) in [7, 11) is 4.60. The zero-order chi connectivity index (χ0) is 29.2. The van der Waals surface area contributed by atoms with Crippen molar-refractivity contribution in [3.63, 3.8) is 0 Å². The summed E-state index contributed by atoms with van der Waals surface area (Å²) in [6, 6.07) is 6.35. The Balaban J connectivity index is 1.93. The summed E-state index contributed by atoms with van der Waals surface area (Å²) < 4.78 is 16.9. The maximum absolute atomic E-state index is 13.3. The molecule has 0 radical (unpaired) electrons. The van der Waals surface area contributed by atoms with Crippen LogP contribution in [0.25, 0.3) is 11.1 Å². The van der Waals surface area contributed by atoms with Gasteiger partial charge in [-0.15, -0.1) is 0 Å². The number of carboxylic acid groups (broad SMARTS) is 1. The number of carboxylic acids is 1. The number of methoxy groups -OCH3 is 3. The summed E-state index contributed by atoms with van der Waals surface area (Å²) in [6.07, 6.45) is 3.15. The Morgan fingerprint density at radius 2 is 1.75 bits per heavy atom. The second-order valence-corrected chi connectivity index (χ2v) is 9.50. The third-order valence-corrected chi connectivity index (χ3v) is 6.74. The fourth-order valence-corrected chi connectivity index (χ4v) is 4.90. The molecule has 1 atom stereocenters. The van der Waals surface area contributed by atoms with E-state index >= 15 is 0 Å². The average molecular weight is 556 g/mol. The van der Waals surface area contributed by atoms with Crippen LogP contribution in [0.4, 0.5) is 5.69 Å². The van der Waals surface area contributed by atoms with Gasteiger partial charge in [0.05, 0.1) is 39.6 Å². The van der Waals surface area contributed by atoms with E-state index in [1.54, 1.807) is 19.2 Å². The zero-order valence-electron chi connectivity index (χ0n) is 23.3. The lowest BCUT2D eigenvalue weighted by atomic mass is 9.95. The Kier molecular flexibility index (Phi) is 10.7. The molecular formula is C29H37N3O8. The Morgan fingerprint density at radius 3 is 2.40 bits per heavy atom. The van der Waals surface area contributed by atoms with Crippen molar-refractivity contribution in [2.75, 3.05) is 39.7 Å². The molecule has 0 aromatic heterocycles. The Labute approximate surface area is 233 Å². The molecule has 2 aromatic rings. The number of ether oxygens (including phenoxy) is 3. The fourth-order valence-electron chi connectivity index (χ4n) is 4.90. The number of nitrogens with one attached hydrogen (secondary N) is 3. The standard InChI is InChI=1S/C29H37N3O8/c1-17(33)32-21-11-9-18-14-24(38-2)28(39-3)29(40-4)27(18)19-10-12-22(23(34)15-20(19)21)31-16-25(35)30-13-7-5-6-8-26(36)37/h10,12,14-15,21H,5-9,11,13,16H2,1-4H3,(H,30,35)(H,31,34)(H,32,33)(H,36,37). The Bertz CT molecular complexity index is 1310. The number of anilines is 1. The molecule has 216 valence electrons. The third kappa shape index (κ3) is 7.43. The minimum Gasteiger partial charge on any atom is -0.493 e. The van der Waals surface area contributed by atoms with E-state index in [1.165, 1.54) is 27.2 Å². The normalized spacial score (nSPS) is 13.7. The van der Waals surface area contributed by atoms with Gasteiger partial charge in [-0.05, 0) is 60.6 Å². The van der Waals surface area contributed by atoms with Crippen LogP contribution in [0.5, 0.6) is 17.2 Å². The molecule has 0 saturated heterocycles. The molecule has 0 saturated carbocycles. The SMILES string of the molecule is COc1cc2c(c(OC)c1OC)-c1ccc(NCC(=O)NCCCCCC(=O)O)c(=O)cc1C(NC(C)=O)CC2. The second-order valence-electron chi connectivity index (χ2n) is 9.50. The predicted octanol–water partition coefficient (Wildman–Crippen LogP) is 3.04. The third-order valence-electron chi connectivity index (χ3n) is 6.74. The topological polar surface area (TPSA) is 152 Å². The summed E-state index contributed by atoms with van der Waals surface area (Å²) in [6.45, 7) is 1.74. The number of benzene rings is 1. The van der Waals surface area contributed by atoms with E-state index in [2.05, 4.69) is 16.0 Å². The molecule has 1 aliphatic carbocycles. The monoisotopic (exact) mass is 555 g/mol. The number of hydrogen-bond acceptors (Lipinski definition) is 8. The van der Waals surface area contributed by atoms with Crippen molar-refractivity contribution in [2.24, 2.45) is 0 Å². The smallest absolute Gasteiger partial charge is 0.303 e. The van der Waals surface area contributed by atoms with Crippen LogP contribution in [-0.4, -0.2) is 57.3 Å². The van der Waals surface area contributed by atoms with E-state index in [4.69, 9.17) is 19.3 Å². The van der Waals surface area contributed by atoms with Gasteiger partial charge in [0.25, 0.3) is 0 Å². The lowest BCUT2D eigenvalue weighted by Crippen LogP contribution is -2.31. The van der Waals surface area contributed by atoms with Crippen LogP contribution in [0.1, 0.15) is 56.2 Å². The number of carbonyl (C=O) groups excluding carboxylic acids is 2.